The van der Waals surface area contributed by atoms with Gasteiger partial charge in [0.15, 0.2) is 0 Å². The molecule has 1 aromatic rings. The Morgan fingerprint density at radius 2 is 2.50 bits per heavy atom. The van der Waals surface area contributed by atoms with Crippen LogP contribution in [0, 0.1) is 0 Å². The van der Waals surface area contributed by atoms with Crippen molar-refractivity contribution in [3.8, 4) is 0 Å². The van der Waals surface area contributed by atoms with Crippen LogP contribution in [0.2, 0.25) is 0 Å². The Kier molecular flexibility index (Phi) is 3.98. The minimum atomic E-state index is -0.584. The van der Waals surface area contributed by atoms with Gasteiger partial charge >= 0.3 is 0 Å². The molecule has 0 radical (unpaired) electrons. The van der Waals surface area contributed by atoms with Crippen molar-refractivity contribution in [2.24, 2.45) is 0 Å². The summed E-state index contributed by atoms with van der Waals surface area (Å²) in [7, 11) is 0. The highest BCUT2D eigenvalue weighted by Crippen LogP contribution is 2.17. The highest BCUT2D eigenvalue weighted by Gasteiger charge is 2.22. The molecule has 0 spiro atoms. The molecule has 2 heterocycles. The molecular weight excluding hydrogens is 206 g/mol. The van der Waals surface area contributed by atoms with Crippen LogP contribution < -0.4 is 5.32 Å². The molecular formula is C12H19NO3. The molecule has 3 unspecified atom stereocenters. The second kappa shape index (κ2) is 5.48. The number of aliphatic hydroxyl groups is 1. The van der Waals surface area contributed by atoms with E-state index in [9.17, 15) is 5.11 Å². The summed E-state index contributed by atoms with van der Waals surface area (Å²) in [6, 6.07) is 3.83. The van der Waals surface area contributed by atoms with Gasteiger partial charge in [-0.15, -0.1) is 0 Å². The summed E-state index contributed by atoms with van der Waals surface area (Å²) in [5.41, 5.74) is 0. The zero-order valence-electron chi connectivity index (χ0n) is 9.56. The van der Waals surface area contributed by atoms with E-state index in [0.717, 1.165) is 19.4 Å². The Labute approximate surface area is 95.6 Å². The lowest BCUT2D eigenvalue weighted by atomic mass is 10.1. The minimum absolute atomic E-state index is 0.270. The predicted octanol–water partition coefficient (Wildman–Crippen LogP) is 1.47. The van der Waals surface area contributed by atoms with Crippen molar-refractivity contribution in [2.45, 2.75) is 38.0 Å². The van der Waals surface area contributed by atoms with Gasteiger partial charge in [0.25, 0.3) is 0 Å². The maximum Gasteiger partial charge on any atom is 0.133 e. The molecule has 90 valence electrons. The molecule has 0 aromatic carbocycles. The van der Waals surface area contributed by atoms with E-state index < -0.39 is 6.10 Å². The predicted molar refractivity (Wildman–Crippen MR) is 60.1 cm³/mol. The number of aliphatic hydroxyl groups excluding tert-OH is 1. The van der Waals surface area contributed by atoms with Crippen molar-refractivity contribution in [2.75, 3.05) is 13.2 Å². The SMILES string of the molecule is CC(NCC(O)c1ccco1)C1CCCO1. The summed E-state index contributed by atoms with van der Waals surface area (Å²) in [5, 5.41) is 13.1. The second-order valence-electron chi connectivity index (χ2n) is 4.28. The van der Waals surface area contributed by atoms with Crippen LogP contribution >= 0.6 is 0 Å². The highest BCUT2D eigenvalue weighted by molar-refractivity contribution is 5.02. The van der Waals surface area contributed by atoms with Crippen LogP contribution in [0.25, 0.3) is 0 Å². The van der Waals surface area contributed by atoms with E-state index in [1.165, 1.54) is 0 Å². The van der Waals surface area contributed by atoms with Gasteiger partial charge in [-0.2, -0.15) is 0 Å². The van der Waals surface area contributed by atoms with E-state index in [4.69, 9.17) is 9.15 Å². The van der Waals surface area contributed by atoms with Crippen molar-refractivity contribution < 1.29 is 14.3 Å². The monoisotopic (exact) mass is 225 g/mol. The number of ether oxygens (including phenoxy) is 1. The second-order valence-corrected chi connectivity index (χ2v) is 4.28. The fourth-order valence-corrected chi connectivity index (χ4v) is 2.01. The molecule has 4 heteroatoms. The topological polar surface area (TPSA) is 54.6 Å². The molecule has 1 fully saturated rings. The Bertz CT molecular complexity index is 293. The largest absolute Gasteiger partial charge is 0.467 e. The van der Waals surface area contributed by atoms with Crippen LogP contribution in [0.1, 0.15) is 31.6 Å². The average molecular weight is 225 g/mol. The lowest BCUT2D eigenvalue weighted by Gasteiger charge is -2.21. The van der Waals surface area contributed by atoms with Crippen molar-refractivity contribution in [1.82, 2.24) is 5.32 Å². The van der Waals surface area contributed by atoms with Crippen LogP contribution in [0.4, 0.5) is 0 Å². The number of furan rings is 1. The van der Waals surface area contributed by atoms with Crippen molar-refractivity contribution in [1.29, 1.82) is 0 Å². The van der Waals surface area contributed by atoms with Gasteiger partial charge in [-0.05, 0) is 31.9 Å². The summed E-state index contributed by atoms with van der Waals surface area (Å²) in [6.07, 6.45) is 3.51. The van der Waals surface area contributed by atoms with Crippen molar-refractivity contribution in [3.63, 3.8) is 0 Å². The molecule has 2 rings (SSSR count). The number of rotatable bonds is 5. The third kappa shape index (κ3) is 2.84. The van der Waals surface area contributed by atoms with Crippen LogP contribution in [-0.2, 0) is 4.74 Å². The molecule has 2 N–H and O–H groups in total. The Balaban J connectivity index is 1.74. The summed E-state index contributed by atoms with van der Waals surface area (Å²) in [5.74, 6) is 0.604. The number of nitrogens with one attached hydrogen (secondary N) is 1. The Morgan fingerprint density at radius 1 is 1.62 bits per heavy atom. The fraction of sp³-hybridized carbons (Fsp3) is 0.667. The zero-order chi connectivity index (χ0) is 11.4. The van der Waals surface area contributed by atoms with Crippen LogP contribution in [0.3, 0.4) is 0 Å². The molecule has 0 aliphatic carbocycles. The van der Waals surface area contributed by atoms with E-state index in [1.807, 2.05) is 0 Å². The molecule has 0 bridgehead atoms. The third-order valence-electron chi connectivity index (χ3n) is 3.03. The van der Waals surface area contributed by atoms with E-state index >= 15 is 0 Å². The van der Waals surface area contributed by atoms with Crippen molar-refractivity contribution in [3.05, 3.63) is 24.2 Å². The summed E-state index contributed by atoms with van der Waals surface area (Å²) in [4.78, 5) is 0. The Hall–Kier alpha value is -0.840. The summed E-state index contributed by atoms with van der Waals surface area (Å²) >= 11 is 0. The van der Waals surface area contributed by atoms with E-state index in [-0.39, 0.29) is 12.1 Å². The number of hydrogen-bond acceptors (Lipinski definition) is 4. The smallest absolute Gasteiger partial charge is 0.133 e. The van der Waals surface area contributed by atoms with E-state index in [2.05, 4.69) is 12.2 Å². The maximum absolute atomic E-state index is 9.80. The van der Waals surface area contributed by atoms with Crippen molar-refractivity contribution >= 4 is 0 Å². The average Bonchev–Trinajstić information content (AvgIpc) is 2.95. The summed E-state index contributed by atoms with van der Waals surface area (Å²) < 4.78 is 10.7. The first kappa shape index (κ1) is 11.6. The molecule has 1 aromatic heterocycles. The van der Waals surface area contributed by atoms with Gasteiger partial charge in [-0.3, -0.25) is 0 Å². The first-order valence-electron chi connectivity index (χ1n) is 5.84. The molecule has 1 saturated heterocycles. The van der Waals surface area contributed by atoms with Crippen LogP contribution in [0.15, 0.2) is 22.8 Å². The fourth-order valence-electron chi connectivity index (χ4n) is 2.01. The van der Waals surface area contributed by atoms with E-state index in [1.54, 1.807) is 18.4 Å². The van der Waals surface area contributed by atoms with Gasteiger partial charge in [0, 0.05) is 19.2 Å². The lowest BCUT2D eigenvalue weighted by molar-refractivity contribution is 0.0739. The molecule has 16 heavy (non-hydrogen) atoms. The minimum Gasteiger partial charge on any atom is -0.467 e. The highest BCUT2D eigenvalue weighted by atomic mass is 16.5. The Morgan fingerprint density at radius 3 is 3.12 bits per heavy atom. The van der Waals surface area contributed by atoms with E-state index in [0.29, 0.717) is 12.3 Å². The van der Waals surface area contributed by atoms with Gasteiger partial charge in [-0.1, -0.05) is 0 Å². The summed E-state index contributed by atoms with van der Waals surface area (Å²) in [6.45, 7) is 3.44. The molecule has 3 atom stereocenters. The molecule has 4 nitrogen and oxygen atoms in total. The standard InChI is InChI=1S/C12H19NO3/c1-9(11-4-2-6-15-11)13-8-10(14)12-5-3-7-16-12/h3,5,7,9-11,13-14H,2,4,6,8H2,1H3. The first-order chi connectivity index (χ1) is 7.77. The first-order valence-corrected chi connectivity index (χ1v) is 5.84. The zero-order valence-corrected chi connectivity index (χ0v) is 9.56. The van der Waals surface area contributed by atoms with Gasteiger partial charge in [0.2, 0.25) is 0 Å². The normalized spacial score (nSPS) is 24.5. The van der Waals surface area contributed by atoms with Gasteiger partial charge in [0.1, 0.15) is 11.9 Å². The van der Waals surface area contributed by atoms with Gasteiger partial charge in [0.05, 0.1) is 12.4 Å². The van der Waals surface area contributed by atoms with Gasteiger partial charge in [-0.25, -0.2) is 0 Å². The quantitative estimate of drug-likeness (QED) is 0.796. The maximum atomic E-state index is 9.80. The molecule has 0 saturated carbocycles. The van der Waals surface area contributed by atoms with Gasteiger partial charge < -0.3 is 19.6 Å². The lowest BCUT2D eigenvalue weighted by Crippen LogP contribution is -2.39. The molecule has 0 amide bonds. The van der Waals surface area contributed by atoms with Crippen LogP contribution in [0.5, 0.6) is 0 Å². The molecule has 1 aliphatic heterocycles. The number of hydrogen-bond donors (Lipinski definition) is 2. The third-order valence-corrected chi connectivity index (χ3v) is 3.03. The molecule has 1 aliphatic rings. The van der Waals surface area contributed by atoms with Crippen LogP contribution in [-0.4, -0.2) is 30.4 Å².